The molecule has 1 aromatic rings. The molecule has 0 spiro atoms. The Morgan fingerprint density at radius 2 is 2.05 bits per heavy atom. The first-order valence-corrected chi connectivity index (χ1v) is 8.95. The lowest BCUT2D eigenvalue weighted by Gasteiger charge is -2.33. The van der Waals surface area contributed by atoms with Gasteiger partial charge in [-0.2, -0.15) is 0 Å². The highest BCUT2D eigenvalue weighted by molar-refractivity contribution is 7.10. The Bertz CT molecular complexity index is 457. The topological polar surface area (TPSA) is 32.3 Å². The van der Waals surface area contributed by atoms with Crippen molar-refractivity contribution >= 4 is 17.2 Å². The minimum Gasteiger partial charge on any atom is -0.318 e. The standard InChI is InChI=1S/C17H28N2OS/c1-6-12(4)13(5)19-16(15-8-7-9-21-15)18-14(17(19)20)10-11(2)3/h7-9,11-14,16,18H,6,10H2,1-5H3. The molecule has 0 bridgehead atoms. The zero-order chi connectivity index (χ0) is 15.6. The van der Waals surface area contributed by atoms with E-state index < -0.39 is 0 Å². The molecular formula is C17H28N2OS. The van der Waals surface area contributed by atoms with Crippen LogP contribution in [0.4, 0.5) is 0 Å². The summed E-state index contributed by atoms with van der Waals surface area (Å²) in [6.07, 6.45) is 2.05. The van der Waals surface area contributed by atoms with Gasteiger partial charge >= 0.3 is 0 Å². The lowest BCUT2D eigenvalue weighted by atomic mass is 9.98. The summed E-state index contributed by atoms with van der Waals surface area (Å²) in [4.78, 5) is 16.2. The smallest absolute Gasteiger partial charge is 0.241 e. The number of hydrogen-bond acceptors (Lipinski definition) is 3. The van der Waals surface area contributed by atoms with E-state index in [2.05, 4.69) is 62.3 Å². The summed E-state index contributed by atoms with van der Waals surface area (Å²) in [5.41, 5.74) is 0. The van der Waals surface area contributed by atoms with Gasteiger partial charge in [-0.1, -0.05) is 40.2 Å². The first-order valence-electron chi connectivity index (χ1n) is 8.07. The van der Waals surface area contributed by atoms with Gasteiger partial charge in [0.2, 0.25) is 5.91 Å². The second-order valence-corrected chi connectivity index (χ2v) is 7.62. The maximum Gasteiger partial charge on any atom is 0.241 e. The van der Waals surface area contributed by atoms with Crippen LogP contribution in [0.5, 0.6) is 0 Å². The van der Waals surface area contributed by atoms with E-state index in [1.54, 1.807) is 11.3 Å². The highest BCUT2D eigenvalue weighted by Gasteiger charge is 2.43. The van der Waals surface area contributed by atoms with E-state index in [9.17, 15) is 4.79 Å². The zero-order valence-corrected chi connectivity index (χ0v) is 14.6. The van der Waals surface area contributed by atoms with Crippen molar-refractivity contribution in [1.82, 2.24) is 10.2 Å². The van der Waals surface area contributed by atoms with E-state index in [1.807, 2.05) is 0 Å². The van der Waals surface area contributed by atoms with Crippen LogP contribution in [0.25, 0.3) is 0 Å². The van der Waals surface area contributed by atoms with Gasteiger partial charge in [-0.3, -0.25) is 10.1 Å². The van der Waals surface area contributed by atoms with Crippen LogP contribution in [0.1, 0.15) is 58.5 Å². The molecule has 4 atom stereocenters. The van der Waals surface area contributed by atoms with Gasteiger partial charge in [-0.15, -0.1) is 11.3 Å². The Hall–Kier alpha value is -0.870. The molecule has 2 rings (SSSR count). The van der Waals surface area contributed by atoms with E-state index in [0.717, 1.165) is 12.8 Å². The van der Waals surface area contributed by atoms with Gasteiger partial charge in [0.15, 0.2) is 0 Å². The molecule has 1 aromatic heterocycles. The van der Waals surface area contributed by atoms with Gasteiger partial charge in [-0.05, 0) is 36.6 Å². The summed E-state index contributed by atoms with van der Waals surface area (Å²) in [7, 11) is 0. The van der Waals surface area contributed by atoms with Crippen LogP contribution in [-0.4, -0.2) is 22.9 Å². The molecule has 4 heteroatoms. The summed E-state index contributed by atoms with van der Waals surface area (Å²) >= 11 is 1.73. The molecule has 1 aliphatic rings. The van der Waals surface area contributed by atoms with Crippen LogP contribution in [0.15, 0.2) is 17.5 Å². The number of thiophene rings is 1. The Labute approximate surface area is 132 Å². The number of nitrogens with one attached hydrogen (secondary N) is 1. The predicted molar refractivity (Wildman–Crippen MR) is 89.2 cm³/mol. The van der Waals surface area contributed by atoms with E-state index in [-0.39, 0.29) is 24.2 Å². The van der Waals surface area contributed by atoms with E-state index in [1.165, 1.54) is 4.88 Å². The summed E-state index contributed by atoms with van der Waals surface area (Å²) in [6, 6.07) is 4.42. The monoisotopic (exact) mass is 308 g/mol. The molecular weight excluding hydrogens is 280 g/mol. The van der Waals surface area contributed by atoms with Crippen molar-refractivity contribution < 1.29 is 4.79 Å². The third-order valence-electron chi connectivity index (χ3n) is 4.62. The molecule has 1 fully saturated rings. The molecule has 0 aliphatic carbocycles. The third kappa shape index (κ3) is 3.49. The van der Waals surface area contributed by atoms with Crippen LogP contribution in [0.3, 0.4) is 0 Å². The summed E-state index contributed by atoms with van der Waals surface area (Å²) in [6.45, 7) is 11.0. The largest absolute Gasteiger partial charge is 0.318 e. The van der Waals surface area contributed by atoms with Crippen molar-refractivity contribution in [3.05, 3.63) is 22.4 Å². The van der Waals surface area contributed by atoms with Crippen molar-refractivity contribution in [2.75, 3.05) is 0 Å². The van der Waals surface area contributed by atoms with Gasteiger partial charge in [0.05, 0.1) is 6.04 Å². The molecule has 1 saturated heterocycles. The Morgan fingerprint density at radius 3 is 2.57 bits per heavy atom. The number of carbonyl (C=O) groups excluding carboxylic acids is 1. The maximum atomic E-state index is 12.9. The first-order chi connectivity index (χ1) is 9.95. The second kappa shape index (κ2) is 6.93. The van der Waals surface area contributed by atoms with E-state index in [0.29, 0.717) is 11.8 Å². The number of hydrogen-bond donors (Lipinski definition) is 1. The number of amides is 1. The summed E-state index contributed by atoms with van der Waals surface area (Å²) < 4.78 is 0. The highest BCUT2D eigenvalue weighted by Crippen LogP contribution is 2.34. The Morgan fingerprint density at radius 1 is 1.33 bits per heavy atom. The van der Waals surface area contributed by atoms with Crippen molar-refractivity contribution in [3.8, 4) is 0 Å². The Kier molecular flexibility index (Phi) is 5.44. The molecule has 118 valence electrons. The highest BCUT2D eigenvalue weighted by atomic mass is 32.1. The van der Waals surface area contributed by atoms with Crippen molar-refractivity contribution in [2.45, 2.75) is 65.7 Å². The van der Waals surface area contributed by atoms with Crippen molar-refractivity contribution in [3.63, 3.8) is 0 Å². The quantitative estimate of drug-likeness (QED) is 0.860. The minimum absolute atomic E-state index is 0.0383. The Balaban J connectivity index is 2.25. The molecule has 2 heterocycles. The van der Waals surface area contributed by atoms with Crippen LogP contribution in [-0.2, 0) is 4.79 Å². The van der Waals surface area contributed by atoms with Crippen LogP contribution in [0, 0.1) is 11.8 Å². The first kappa shape index (κ1) is 16.5. The van der Waals surface area contributed by atoms with Crippen molar-refractivity contribution in [1.29, 1.82) is 0 Å². The average molecular weight is 308 g/mol. The fourth-order valence-electron chi connectivity index (χ4n) is 3.01. The molecule has 4 unspecified atom stereocenters. The number of carbonyl (C=O) groups is 1. The van der Waals surface area contributed by atoms with Crippen LogP contribution >= 0.6 is 11.3 Å². The summed E-state index contributed by atoms with van der Waals surface area (Å²) in [5, 5.41) is 5.66. The molecule has 21 heavy (non-hydrogen) atoms. The second-order valence-electron chi connectivity index (χ2n) is 6.64. The molecule has 0 aromatic carbocycles. The predicted octanol–water partition coefficient (Wildman–Crippen LogP) is 4.03. The van der Waals surface area contributed by atoms with E-state index >= 15 is 0 Å². The molecule has 3 nitrogen and oxygen atoms in total. The molecule has 1 N–H and O–H groups in total. The van der Waals surface area contributed by atoms with Gasteiger partial charge in [0.25, 0.3) is 0 Å². The van der Waals surface area contributed by atoms with Gasteiger partial charge in [0, 0.05) is 10.9 Å². The minimum atomic E-state index is -0.0383. The fourth-order valence-corrected chi connectivity index (χ4v) is 3.79. The van der Waals surface area contributed by atoms with Crippen molar-refractivity contribution in [2.24, 2.45) is 11.8 Å². The molecule has 1 amide bonds. The SMILES string of the molecule is CCC(C)C(C)N1C(=O)C(CC(C)C)NC1c1cccs1. The fraction of sp³-hybridized carbons (Fsp3) is 0.706. The molecule has 0 saturated carbocycles. The molecule has 0 radical (unpaired) electrons. The zero-order valence-electron chi connectivity index (χ0n) is 13.8. The lowest BCUT2D eigenvalue weighted by molar-refractivity contribution is -0.133. The lowest BCUT2D eigenvalue weighted by Crippen LogP contribution is -2.41. The summed E-state index contributed by atoms with van der Waals surface area (Å²) in [5.74, 6) is 1.31. The normalized spacial score (nSPS) is 25.6. The van der Waals surface area contributed by atoms with Gasteiger partial charge in [-0.25, -0.2) is 0 Å². The third-order valence-corrected chi connectivity index (χ3v) is 5.54. The van der Waals surface area contributed by atoms with E-state index in [4.69, 9.17) is 0 Å². The molecule has 1 aliphatic heterocycles. The average Bonchev–Trinajstić information content (AvgIpc) is 3.06. The van der Waals surface area contributed by atoms with Crippen LogP contribution in [0.2, 0.25) is 0 Å². The number of rotatable bonds is 6. The number of nitrogens with zero attached hydrogens (tertiary/aromatic N) is 1. The van der Waals surface area contributed by atoms with Gasteiger partial charge in [0.1, 0.15) is 6.17 Å². The maximum absolute atomic E-state index is 12.9. The van der Waals surface area contributed by atoms with Gasteiger partial charge < -0.3 is 4.90 Å². The van der Waals surface area contributed by atoms with Crippen LogP contribution < -0.4 is 5.32 Å².